The number of para-hydroxylation sites is 1. The molecule has 0 unspecified atom stereocenters. The van der Waals surface area contributed by atoms with Gasteiger partial charge in [-0.3, -0.25) is 10.1 Å². The van der Waals surface area contributed by atoms with E-state index in [0.29, 0.717) is 11.4 Å². The van der Waals surface area contributed by atoms with Gasteiger partial charge in [0.25, 0.3) is 5.91 Å². The molecule has 0 aliphatic rings. The van der Waals surface area contributed by atoms with Crippen LogP contribution in [0, 0.1) is 0 Å². The Morgan fingerprint density at radius 2 is 1.84 bits per heavy atom. The van der Waals surface area contributed by atoms with Crippen LogP contribution in [-0.4, -0.2) is 17.0 Å². The zero-order valence-corrected chi connectivity index (χ0v) is 9.87. The van der Waals surface area contributed by atoms with E-state index in [0.717, 1.165) is 0 Å². The van der Waals surface area contributed by atoms with Gasteiger partial charge in [-0.2, -0.15) is 0 Å². The van der Waals surface area contributed by atoms with E-state index in [9.17, 15) is 9.59 Å². The van der Waals surface area contributed by atoms with Gasteiger partial charge in [0, 0.05) is 0 Å². The number of nitrogens with two attached hydrogens (primary N) is 1. The second-order valence-electron chi connectivity index (χ2n) is 3.62. The van der Waals surface area contributed by atoms with Crippen molar-refractivity contribution in [3.8, 4) is 5.75 Å². The number of hydrogen-bond donors (Lipinski definition) is 2. The molecule has 2 aromatic rings. The summed E-state index contributed by atoms with van der Waals surface area (Å²) in [6.07, 6.45) is 0.687. The molecule has 0 atom stereocenters. The molecule has 2 rings (SSSR count). The first-order chi connectivity index (χ1) is 9.15. The van der Waals surface area contributed by atoms with Gasteiger partial charge in [-0.1, -0.05) is 18.2 Å². The molecular weight excluding hydrogens is 246 g/mol. The molecule has 1 aromatic carbocycles. The molecule has 1 aromatic heterocycles. The average Bonchev–Trinajstić information content (AvgIpc) is 2.40. The molecule has 0 radical (unpaired) electrons. The summed E-state index contributed by atoms with van der Waals surface area (Å²) in [5.74, 6) is -0.194. The molecule has 0 spiro atoms. The number of primary amides is 1. The Bertz CT molecular complexity index is 582. The van der Waals surface area contributed by atoms with E-state index in [1.165, 1.54) is 18.3 Å². The molecule has 1 heterocycles. The largest absolute Gasteiger partial charge is 0.417 e. The third-order valence-electron chi connectivity index (χ3n) is 2.22. The van der Waals surface area contributed by atoms with Gasteiger partial charge in [0.1, 0.15) is 11.4 Å². The van der Waals surface area contributed by atoms with Crippen LogP contribution in [0.25, 0.3) is 0 Å². The summed E-state index contributed by atoms with van der Waals surface area (Å²) in [5, 5.41) is 2.48. The quantitative estimate of drug-likeness (QED) is 0.876. The van der Waals surface area contributed by atoms with Crippen LogP contribution < -0.4 is 15.8 Å². The van der Waals surface area contributed by atoms with Crippen molar-refractivity contribution in [3.63, 3.8) is 0 Å². The first-order valence-electron chi connectivity index (χ1n) is 5.45. The Balaban J connectivity index is 1.97. The summed E-state index contributed by atoms with van der Waals surface area (Å²) in [4.78, 5) is 26.2. The van der Waals surface area contributed by atoms with Gasteiger partial charge in [0.05, 0.1) is 11.9 Å². The number of ether oxygens (including phenoxy) is 1. The van der Waals surface area contributed by atoms with E-state index in [4.69, 9.17) is 10.5 Å². The first kappa shape index (κ1) is 12.6. The van der Waals surface area contributed by atoms with Crippen LogP contribution in [0.15, 0.2) is 48.7 Å². The average molecular weight is 257 g/mol. The van der Waals surface area contributed by atoms with E-state index >= 15 is 0 Å². The van der Waals surface area contributed by atoms with Crippen LogP contribution in [0.5, 0.6) is 5.75 Å². The molecule has 0 fully saturated rings. The van der Waals surface area contributed by atoms with Crippen molar-refractivity contribution in [2.24, 2.45) is 5.73 Å². The Morgan fingerprint density at radius 1 is 1.11 bits per heavy atom. The number of nitrogens with zero attached hydrogens (tertiary/aromatic N) is 1. The summed E-state index contributed by atoms with van der Waals surface area (Å²) in [6.45, 7) is 0. The van der Waals surface area contributed by atoms with Gasteiger partial charge < -0.3 is 10.5 Å². The lowest BCUT2D eigenvalue weighted by Crippen LogP contribution is -2.17. The number of rotatable bonds is 3. The smallest absolute Gasteiger partial charge is 0.410 e. The number of carbonyl (C=O) groups is 2. The van der Waals surface area contributed by atoms with E-state index in [2.05, 4.69) is 10.3 Å². The lowest BCUT2D eigenvalue weighted by molar-refractivity contribution is 0.0995. The monoisotopic (exact) mass is 257 g/mol. The molecular formula is C13H11N3O3. The van der Waals surface area contributed by atoms with Gasteiger partial charge in [-0.05, 0) is 24.3 Å². The minimum atomic E-state index is -0.639. The minimum Gasteiger partial charge on any atom is -0.410 e. The lowest BCUT2D eigenvalue weighted by atomic mass is 10.3. The van der Waals surface area contributed by atoms with E-state index in [1.54, 1.807) is 24.3 Å². The van der Waals surface area contributed by atoms with Crippen LogP contribution in [-0.2, 0) is 0 Å². The van der Waals surface area contributed by atoms with Crippen molar-refractivity contribution in [2.75, 3.05) is 5.32 Å². The third-order valence-corrected chi connectivity index (χ3v) is 2.22. The Labute approximate surface area is 109 Å². The van der Waals surface area contributed by atoms with Crippen molar-refractivity contribution < 1.29 is 14.3 Å². The normalized spacial score (nSPS) is 9.68. The van der Waals surface area contributed by atoms with Gasteiger partial charge in [0.2, 0.25) is 0 Å². The number of carbonyl (C=O) groups excluding carboxylic acids is 2. The summed E-state index contributed by atoms with van der Waals surface area (Å²) < 4.78 is 5.03. The molecule has 0 bridgehead atoms. The van der Waals surface area contributed by atoms with Crippen molar-refractivity contribution in [1.29, 1.82) is 0 Å². The minimum absolute atomic E-state index is 0.127. The molecule has 0 saturated carbocycles. The highest BCUT2D eigenvalue weighted by molar-refractivity contribution is 5.91. The Morgan fingerprint density at radius 3 is 2.42 bits per heavy atom. The number of anilines is 1. The number of hydrogen-bond acceptors (Lipinski definition) is 4. The lowest BCUT2D eigenvalue weighted by Gasteiger charge is -2.06. The molecule has 0 aliphatic heterocycles. The molecule has 19 heavy (non-hydrogen) atoms. The number of amides is 2. The maximum Gasteiger partial charge on any atom is 0.417 e. The SMILES string of the molecule is NC(=O)c1ccc(NC(=O)Oc2ccccc2)cn1. The highest BCUT2D eigenvalue weighted by atomic mass is 16.6. The number of aromatic nitrogens is 1. The molecule has 96 valence electrons. The zero-order valence-electron chi connectivity index (χ0n) is 9.87. The van der Waals surface area contributed by atoms with Crippen LogP contribution in [0.1, 0.15) is 10.5 Å². The molecule has 6 heteroatoms. The van der Waals surface area contributed by atoms with Crippen LogP contribution in [0.2, 0.25) is 0 Å². The second kappa shape index (κ2) is 5.63. The van der Waals surface area contributed by atoms with Gasteiger partial charge in [0.15, 0.2) is 0 Å². The summed E-state index contributed by atoms with van der Waals surface area (Å²) in [6, 6.07) is 11.6. The van der Waals surface area contributed by atoms with Gasteiger partial charge in [-0.15, -0.1) is 0 Å². The standard InChI is InChI=1S/C13H11N3O3/c14-12(17)11-7-6-9(8-15-11)16-13(18)19-10-4-2-1-3-5-10/h1-8H,(H2,14,17)(H,16,18). The van der Waals surface area contributed by atoms with Crippen molar-refractivity contribution in [1.82, 2.24) is 4.98 Å². The topological polar surface area (TPSA) is 94.3 Å². The molecule has 0 aliphatic carbocycles. The second-order valence-corrected chi connectivity index (χ2v) is 3.62. The molecule has 0 saturated heterocycles. The van der Waals surface area contributed by atoms with Gasteiger partial charge >= 0.3 is 6.09 Å². The number of benzene rings is 1. The fourth-order valence-electron chi connectivity index (χ4n) is 1.35. The summed E-state index contributed by atoms with van der Waals surface area (Å²) in [7, 11) is 0. The van der Waals surface area contributed by atoms with Crippen LogP contribution in [0.3, 0.4) is 0 Å². The van der Waals surface area contributed by atoms with E-state index in [-0.39, 0.29) is 5.69 Å². The maximum absolute atomic E-state index is 11.5. The van der Waals surface area contributed by atoms with Gasteiger partial charge in [-0.25, -0.2) is 9.78 Å². The zero-order chi connectivity index (χ0) is 13.7. The fraction of sp³-hybridized carbons (Fsp3) is 0. The maximum atomic E-state index is 11.5. The molecule has 6 nitrogen and oxygen atoms in total. The highest BCUT2D eigenvalue weighted by Gasteiger charge is 2.06. The van der Waals surface area contributed by atoms with Crippen molar-refractivity contribution >= 4 is 17.7 Å². The van der Waals surface area contributed by atoms with E-state index in [1.807, 2.05) is 6.07 Å². The van der Waals surface area contributed by atoms with Crippen molar-refractivity contribution in [3.05, 3.63) is 54.4 Å². The predicted molar refractivity (Wildman–Crippen MR) is 68.8 cm³/mol. The third kappa shape index (κ3) is 3.53. The summed E-state index contributed by atoms with van der Waals surface area (Å²) >= 11 is 0. The van der Waals surface area contributed by atoms with Crippen molar-refractivity contribution in [2.45, 2.75) is 0 Å². The predicted octanol–water partition coefficient (Wildman–Crippen LogP) is 1.79. The van der Waals surface area contributed by atoms with Crippen LogP contribution >= 0.6 is 0 Å². The Hall–Kier alpha value is -2.89. The van der Waals surface area contributed by atoms with E-state index < -0.39 is 12.0 Å². The summed E-state index contributed by atoms with van der Waals surface area (Å²) in [5.41, 5.74) is 5.59. The van der Waals surface area contributed by atoms with Crippen LogP contribution in [0.4, 0.5) is 10.5 Å². The highest BCUT2D eigenvalue weighted by Crippen LogP contribution is 2.11. The molecule has 3 N–H and O–H groups in total. The first-order valence-corrected chi connectivity index (χ1v) is 5.45. The number of nitrogens with one attached hydrogen (secondary N) is 1. The Kier molecular flexibility index (Phi) is 3.72. The molecule has 2 amide bonds. The number of pyridine rings is 1. The fourth-order valence-corrected chi connectivity index (χ4v) is 1.35.